The molecule has 0 saturated carbocycles. The van der Waals surface area contributed by atoms with Crippen LogP contribution in [-0.4, -0.2) is 25.1 Å². The van der Waals surface area contributed by atoms with Crippen LogP contribution in [0.1, 0.15) is 16.7 Å². The van der Waals surface area contributed by atoms with Gasteiger partial charge in [0.2, 0.25) is 0 Å². The molecule has 0 fully saturated rings. The Hall–Kier alpha value is -4.64. The van der Waals surface area contributed by atoms with Crippen molar-refractivity contribution in [2.24, 2.45) is 5.10 Å². The molecule has 166 valence electrons. The summed E-state index contributed by atoms with van der Waals surface area (Å²) in [6.07, 6.45) is 1.67. The molecule has 0 aliphatic heterocycles. The van der Waals surface area contributed by atoms with Gasteiger partial charge in [0, 0.05) is 5.69 Å². The highest BCUT2D eigenvalue weighted by Crippen LogP contribution is 2.28. The number of benzene rings is 3. The summed E-state index contributed by atoms with van der Waals surface area (Å²) in [5.41, 5.74) is 5.12. The van der Waals surface area contributed by atoms with Gasteiger partial charge in [0.05, 0.1) is 25.8 Å². The number of nitriles is 1. The maximum atomic E-state index is 12.0. The zero-order chi connectivity index (χ0) is 23.5. The zero-order valence-electron chi connectivity index (χ0n) is 17.9. The minimum absolute atomic E-state index is 0.272. The molecule has 0 saturated heterocycles. The fourth-order valence-corrected chi connectivity index (χ4v) is 2.82. The predicted octanol–water partition coefficient (Wildman–Crippen LogP) is 3.43. The topological polar surface area (TPSA) is 113 Å². The first-order valence-electron chi connectivity index (χ1n) is 10.0. The zero-order valence-corrected chi connectivity index (χ0v) is 17.9. The largest absolute Gasteiger partial charge is 0.493 e. The Morgan fingerprint density at radius 3 is 2.42 bits per heavy atom. The molecule has 3 aromatic carbocycles. The van der Waals surface area contributed by atoms with Crippen LogP contribution in [0, 0.1) is 11.3 Å². The summed E-state index contributed by atoms with van der Waals surface area (Å²) in [6, 6.07) is 23.6. The summed E-state index contributed by atoms with van der Waals surface area (Å²) in [5.74, 6) is -0.689. The van der Waals surface area contributed by atoms with E-state index in [0.29, 0.717) is 29.4 Å². The number of methoxy groups -OCH3 is 1. The Bertz CT molecular complexity index is 1170. The minimum atomic E-state index is -0.915. The molecule has 0 atom stereocenters. The number of amides is 2. The smallest absolute Gasteiger partial charge is 0.329 e. The number of nitrogens with one attached hydrogen (secondary N) is 2. The van der Waals surface area contributed by atoms with Crippen molar-refractivity contribution < 1.29 is 19.1 Å². The molecule has 0 aliphatic carbocycles. The molecule has 33 heavy (non-hydrogen) atoms. The number of ether oxygens (including phenoxy) is 2. The maximum absolute atomic E-state index is 12.0. The molecule has 8 heteroatoms. The summed E-state index contributed by atoms with van der Waals surface area (Å²) < 4.78 is 11.2. The van der Waals surface area contributed by atoms with E-state index in [-0.39, 0.29) is 6.42 Å². The van der Waals surface area contributed by atoms with E-state index in [2.05, 4.69) is 15.8 Å². The molecule has 3 aromatic rings. The van der Waals surface area contributed by atoms with Gasteiger partial charge in [-0.25, -0.2) is 5.43 Å². The molecule has 0 aromatic heterocycles. The van der Waals surface area contributed by atoms with Crippen molar-refractivity contribution in [3.8, 4) is 17.6 Å². The molecule has 0 radical (unpaired) electrons. The quantitative estimate of drug-likeness (QED) is 0.315. The van der Waals surface area contributed by atoms with Gasteiger partial charge in [0.25, 0.3) is 0 Å². The molecular weight excluding hydrogens is 420 g/mol. The molecule has 0 unspecified atom stereocenters. The average Bonchev–Trinajstić information content (AvgIpc) is 2.85. The van der Waals surface area contributed by atoms with Crippen molar-refractivity contribution in [3.63, 3.8) is 0 Å². The number of hydrogen-bond acceptors (Lipinski definition) is 6. The first-order chi connectivity index (χ1) is 16.1. The number of anilines is 1. The van der Waals surface area contributed by atoms with Crippen molar-refractivity contribution in [2.45, 2.75) is 13.0 Å². The van der Waals surface area contributed by atoms with Crippen LogP contribution in [0.2, 0.25) is 0 Å². The summed E-state index contributed by atoms with van der Waals surface area (Å²) in [5, 5.41) is 15.0. The van der Waals surface area contributed by atoms with E-state index in [4.69, 9.17) is 14.7 Å². The lowest BCUT2D eigenvalue weighted by Gasteiger charge is -2.11. The summed E-state index contributed by atoms with van der Waals surface area (Å²) in [7, 11) is 1.53. The van der Waals surface area contributed by atoms with Crippen LogP contribution in [0.3, 0.4) is 0 Å². The van der Waals surface area contributed by atoms with Gasteiger partial charge in [0.1, 0.15) is 6.61 Å². The third-order valence-corrected chi connectivity index (χ3v) is 4.51. The van der Waals surface area contributed by atoms with Crippen molar-refractivity contribution in [3.05, 3.63) is 89.5 Å². The van der Waals surface area contributed by atoms with Crippen molar-refractivity contribution >= 4 is 23.7 Å². The SMILES string of the molecule is COc1cc(C=NNC(=O)C(=O)Nc2ccc(CC#N)cc2)ccc1OCc1ccccc1. The van der Waals surface area contributed by atoms with Crippen LogP contribution < -0.4 is 20.2 Å². The summed E-state index contributed by atoms with van der Waals surface area (Å²) >= 11 is 0. The second kappa shape index (κ2) is 11.7. The van der Waals surface area contributed by atoms with Gasteiger partial charge in [-0.2, -0.15) is 10.4 Å². The van der Waals surface area contributed by atoms with Gasteiger partial charge in [0.15, 0.2) is 11.5 Å². The van der Waals surface area contributed by atoms with Gasteiger partial charge in [-0.1, -0.05) is 42.5 Å². The molecule has 8 nitrogen and oxygen atoms in total. The van der Waals surface area contributed by atoms with Crippen LogP contribution in [0.15, 0.2) is 77.9 Å². The third kappa shape index (κ3) is 6.94. The highest BCUT2D eigenvalue weighted by Gasteiger charge is 2.13. The molecule has 0 bridgehead atoms. The van der Waals surface area contributed by atoms with E-state index >= 15 is 0 Å². The molecule has 0 spiro atoms. The molecular formula is C25H22N4O4. The van der Waals surface area contributed by atoms with Crippen LogP contribution in [-0.2, 0) is 22.6 Å². The Morgan fingerprint density at radius 2 is 1.73 bits per heavy atom. The summed E-state index contributed by atoms with van der Waals surface area (Å²) in [4.78, 5) is 24.0. The van der Waals surface area contributed by atoms with Crippen LogP contribution in [0.4, 0.5) is 5.69 Å². The lowest BCUT2D eigenvalue weighted by molar-refractivity contribution is -0.136. The number of hydrazone groups is 1. The summed E-state index contributed by atoms with van der Waals surface area (Å²) in [6.45, 7) is 0.400. The molecule has 2 amide bonds. The van der Waals surface area contributed by atoms with Gasteiger partial charge >= 0.3 is 11.8 Å². The van der Waals surface area contributed by atoms with Gasteiger partial charge in [-0.3, -0.25) is 9.59 Å². The number of carbonyl (C=O) groups excluding carboxylic acids is 2. The second-order valence-corrected chi connectivity index (χ2v) is 6.87. The maximum Gasteiger partial charge on any atom is 0.329 e. The molecule has 0 aliphatic rings. The molecule has 2 N–H and O–H groups in total. The highest BCUT2D eigenvalue weighted by atomic mass is 16.5. The number of rotatable bonds is 8. The van der Waals surface area contributed by atoms with Crippen molar-refractivity contribution in [2.75, 3.05) is 12.4 Å². The number of carbonyl (C=O) groups is 2. The van der Waals surface area contributed by atoms with E-state index in [1.54, 1.807) is 42.5 Å². The van der Waals surface area contributed by atoms with Crippen LogP contribution >= 0.6 is 0 Å². The molecule has 3 rings (SSSR count). The first-order valence-corrected chi connectivity index (χ1v) is 10.0. The van der Waals surface area contributed by atoms with E-state index < -0.39 is 11.8 Å². The fraction of sp³-hybridized carbons (Fsp3) is 0.120. The average molecular weight is 442 g/mol. The van der Waals surface area contributed by atoms with Gasteiger partial charge < -0.3 is 14.8 Å². The predicted molar refractivity (Wildman–Crippen MR) is 124 cm³/mol. The number of hydrogen-bond donors (Lipinski definition) is 2. The van der Waals surface area contributed by atoms with Gasteiger partial charge in [-0.15, -0.1) is 0 Å². The minimum Gasteiger partial charge on any atom is -0.493 e. The van der Waals surface area contributed by atoms with E-state index in [1.165, 1.54) is 13.3 Å². The lowest BCUT2D eigenvalue weighted by atomic mass is 10.1. The Morgan fingerprint density at radius 1 is 0.970 bits per heavy atom. The normalized spacial score (nSPS) is 10.3. The monoisotopic (exact) mass is 442 g/mol. The van der Waals surface area contributed by atoms with Crippen LogP contribution in [0.25, 0.3) is 0 Å². The van der Waals surface area contributed by atoms with Crippen LogP contribution in [0.5, 0.6) is 11.5 Å². The van der Waals surface area contributed by atoms with E-state index in [0.717, 1.165) is 11.1 Å². The highest BCUT2D eigenvalue weighted by molar-refractivity contribution is 6.39. The Balaban J connectivity index is 1.53. The Kier molecular flexibility index (Phi) is 8.15. The first kappa shape index (κ1) is 23.0. The van der Waals surface area contributed by atoms with Crippen molar-refractivity contribution in [1.29, 1.82) is 5.26 Å². The Labute approximate surface area is 191 Å². The third-order valence-electron chi connectivity index (χ3n) is 4.51. The van der Waals surface area contributed by atoms with E-state index in [9.17, 15) is 9.59 Å². The fourth-order valence-electron chi connectivity index (χ4n) is 2.82. The standard InChI is InChI=1S/C25H22N4O4/c1-32-23-15-20(9-12-22(23)33-17-19-5-3-2-4-6-19)16-27-29-25(31)24(30)28-21-10-7-18(8-11-21)13-14-26/h2-12,15-16H,13,17H2,1H3,(H,28,30)(H,29,31). The second-order valence-electron chi connectivity index (χ2n) is 6.87. The molecule has 0 heterocycles. The van der Waals surface area contributed by atoms with Crippen molar-refractivity contribution in [1.82, 2.24) is 5.43 Å². The number of nitrogens with zero attached hydrogens (tertiary/aromatic N) is 2. The van der Waals surface area contributed by atoms with Gasteiger partial charge in [-0.05, 0) is 47.0 Å². The van der Waals surface area contributed by atoms with E-state index in [1.807, 2.05) is 36.4 Å². The lowest BCUT2D eigenvalue weighted by Crippen LogP contribution is -2.32.